The molecule has 0 aliphatic carbocycles. The number of methoxy groups -OCH3 is 1. The molecule has 0 N–H and O–H groups in total. The Labute approximate surface area is 185 Å². The van der Waals surface area contributed by atoms with E-state index in [-0.39, 0.29) is 25.0 Å². The number of aromatic nitrogens is 1. The van der Waals surface area contributed by atoms with Gasteiger partial charge in [-0.2, -0.15) is 0 Å². The van der Waals surface area contributed by atoms with Crippen molar-refractivity contribution in [1.82, 2.24) is 14.4 Å². The van der Waals surface area contributed by atoms with Gasteiger partial charge in [0, 0.05) is 48.3 Å². The summed E-state index contributed by atoms with van der Waals surface area (Å²) in [5, 5.41) is 1.65. The van der Waals surface area contributed by atoms with Gasteiger partial charge in [-0.25, -0.2) is 0 Å². The molecule has 7 nitrogen and oxygen atoms in total. The molecule has 1 saturated heterocycles. The van der Waals surface area contributed by atoms with E-state index in [1.807, 2.05) is 35.0 Å². The van der Waals surface area contributed by atoms with E-state index in [2.05, 4.69) is 0 Å². The molecule has 2 amide bonds. The third kappa shape index (κ3) is 4.94. The zero-order valence-corrected chi connectivity index (χ0v) is 18.0. The van der Waals surface area contributed by atoms with Crippen LogP contribution in [-0.4, -0.2) is 66.1 Å². The van der Waals surface area contributed by atoms with Crippen LogP contribution in [0.5, 0.6) is 11.5 Å². The molecule has 162 valence electrons. The summed E-state index contributed by atoms with van der Waals surface area (Å²) in [6, 6.07) is 14.7. The molecule has 1 aromatic heterocycles. The van der Waals surface area contributed by atoms with Crippen LogP contribution in [0.3, 0.4) is 0 Å². The third-order valence-electron chi connectivity index (χ3n) is 5.44. The van der Waals surface area contributed by atoms with E-state index in [0.717, 1.165) is 16.7 Å². The Kier molecular flexibility index (Phi) is 6.32. The molecule has 0 bridgehead atoms. The summed E-state index contributed by atoms with van der Waals surface area (Å²) < 4.78 is 12.7. The monoisotopic (exact) mass is 441 g/mol. The lowest BCUT2D eigenvalue weighted by atomic mass is 10.2. The molecule has 2 aromatic carbocycles. The zero-order valence-electron chi connectivity index (χ0n) is 17.3. The van der Waals surface area contributed by atoms with Gasteiger partial charge in [0.2, 0.25) is 5.91 Å². The fourth-order valence-corrected chi connectivity index (χ4v) is 3.79. The Morgan fingerprint density at radius 3 is 2.23 bits per heavy atom. The van der Waals surface area contributed by atoms with Crippen molar-refractivity contribution >= 4 is 34.3 Å². The summed E-state index contributed by atoms with van der Waals surface area (Å²) >= 11 is 5.85. The van der Waals surface area contributed by atoms with Crippen molar-refractivity contribution in [3.8, 4) is 11.5 Å². The Balaban J connectivity index is 1.27. The van der Waals surface area contributed by atoms with Crippen LogP contribution >= 0.6 is 11.6 Å². The smallest absolute Gasteiger partial charge is 0.260 e. The quantitative estimate of drug-likeness (QED) is 0.589. The molecule has 1 fully saturated rings. The van der Waals surface area contributed by atoms with Crippen LogP contribution in [0.4, 0.5) is 0 Å². The Hall–Kier alpha value is -3.19. The molecule has 0 spiro atoms. The summed E-state index contributed by atoms with van der Waals surface area (Å²) in [5.41, 5.74) is 0.988. The SMILES string of the molecule is COc1ccc2c(ccn2CC(=O)N2CCN(C(=O)COc3ccc(Cl)cc3)CC2)c1. The van der Waals surface area contributed by atoms with Crippen LogP contribution in [0, 0.1) is 0 Å². The van der Waals surface area contributed by atoms with Crippen molar-refractivity contribution in [2.45, 2.75) is 6.54 Å². The second kappa shape index (κ2) is 9.31. The summed E-state index contributed by atoms with van der Waals surface area (Å²) in [6.45, 7) is 2.26. The van der Waals surface area contributed by atoms with E-state index in [4.69, 9.17) is 21.1 Å². The predicted molar refractivity (Wildman–Crippen MR) is 119 cm³/mol. The molecule has 0 atom stereocenters. The van der Waals surface area contributed by atoms with E-state index in [0.29, 0.717) is 37.0 Å². The van der Waals surface area contributed by atoms with Gasteiger partial charge in [-0.05, 0) is 48.5 Å². The minimum Gasteiger partial charge on any atom is -0.497 e. The van der Waals surface area contributed by atoms with E-state index in [1.165, 1.54) is 0 Å². The van der Waals surface area contributed by atoms with Crippen molar-refractivity contribution in [1.29, 1.82) is 0 Å². The minimum atomic E-state index is -0.0904. The maximum absolute atomic E-state index is 12.8. The Morgan fingerprint density at radius 1 is 0.903 bits per heavy atom. The van der Waals surface area contributed by atoms with Gasteiger partial charge in [0.25, 0.3) is 5.91 Å². The summed E-state index contributed by atoms with van der Waals surface area (Å²) in [5.74, 6) is 1.34. The van der Waals surface area contributed by atoms with Crippen molar-refractivity contribution in [2.75, 3.05) is 39.9 Å². The summed E-state index contributed by atoms with van der Waals surface area (Å²) in [7, 11) is 1.63. The predicted octanol–water partition coefficient (Wildman–Crippen LogP) is 3.05. The van der Waals surface area contributed by atoms with Crippen LogP contribution < -0.4 is 9.47 Å². The molecular weight excluding hydrogens is 418 g/mol. The second-order valence-electron chi connectivity index (χ2n) is 7.37. The largest absolute Gasteiger partial charge is 0.497 e. The molecule has 31 heavy (non-hydrogen) atoms. The van der Waals surface area contributed by atoms with Gasteiger partial charge in [0.15, 0.2) is 6.61 Å². The molecule has 1 aliphatic heterocycles. The van der Waals surface area contributed by atoms with Crippen LogP contribution in [0.2, 0.25) is 5.02 Å². The van der Waals surface area contributed by atoms with Gasteiger partial charge in [-0.15, -0.1) is 0 Å². The van der Waals surface area contributed by atoms with Crippen LogP contribution in [0.15, 0.2) is 54.7 Å². The van der Waals surface area contributed by atoms with Crippen molar-refractivity contribution in [2.24, 2.45) is 0 Å². The number of amides is 2. The number of fused-ring (bicyclic) bond motifs is 1. The van der Waals surface area contributed by atoms with Crippen molar-refractivity contribution in [3.05, 3.63) is 59.8 Å². The molecular formula is C23H24ClN3O4. The Bertz CT molecular complexity index is 1070. The first-order valence-electron chi connectivity index (χ1n) is 10.1. The highest BCUT2D eigenvalue weighted by atomic mass is 35.5. The number of piperazine rings is 1. The van der Waals surface area contributed by atoms with E-state index in [9.17, 15) is 9.59 Å². The highest BCUT2D eigenvalue weighted by Gasteiger charge is 2.24. The van der Waals surface area contributed by atoms with Crippen molar-refractivity contribution < 1.29 is 19.1 Å². The zero-order chi connectivity index (χ0) is 21.8. The lowest BCUT2D eigenvalue weighted by molar-refractivity contribution is -0.141. The first-order chi connectivity index (χ1) is 15.0. The van der Waals surface area contributed by atoms with Crippen LogP contribution in [-0.2, 0) is 16.1 Å². The first-order valence-corrected chi connectivity index (χ1v) is 10.5. The Morgan fingerprint density at radius 2 is 1.55 bits per heavy atom. The topological polar surface area (TPSA) is 64.0 Å². The van der Waals surface area contributed by atoms with E-state index in [1.54, 1.807) is 41.2 Å². The summed E-state index contributed by atoms with van der Waals surface area (Å²) in [4.78, 5) is 28.8. The first kappa shape index (κ1) is 21.1. The maximum atomic E-state index is 12.8. The number of carbonyl (C=O) groups excluding carboxylic acids is 2. The standard InChI is InChI=1S/C23H24ClN3O4/c1-30-20-6-7-21-17(14-20)8-9-27(21)15-22(28)25-10-12-26(13-11-25)23(29)16-31-19-4-2-18(24)3-5-19/h2-9,14H,10-13,15-16H2,1H3. The fourth-order valence-electron chi connectivity index (χ4n) is 3.66. The molecule has 1 aliphatic rings. The van der Waals surface area contributed by atoms with Gasteiger partial charge in [0.05, 0.1) is 7.11 Å². The maximum Gasteiger partial charge on any atom is 0.260 e. The average molecular weight is 442 g/mol. The van der Waals surface area contributed by atoms with Crippen LogP contribution in [0.25, 0.3) is 10.9 Å². The molecule has 0 radical (unpaired) electrons. The third-order valence-corrected chi connectivity index (χ3v) is 5.70. The number of halogens is 1. The molecule has 2 heterocycles. The fraction of sp³-hybridized carbons (Fsp3) is 0.304. The van der Waals surface area contributed by atoms with Gasteiger partial charge >= 0.3 is 0 Å². The van der Waals surface area contributed by atoms with Crippen LogP contribution in [0.1, 0.15) is 0 Å². The summed E-state index contributed by atoms with van der Waals surface area (Å²) in [6.07, 6.45) is 1.91. The molecule has 3 aromatic rings. The van der Waals surface area contributed by atoms with Crippen molar-refractivity contribution in [3.63, 3.8) is 0 Å². The molecule has 4 rings (SSSR count). The highest BCUT2D eigenvalue weighted by molar-refractivity contribution is 6.30. The lowest BCUT2D eigenvalue weighted by Gasteiger charge is -2.34. The van der Waals surface area contributed by atoms with E-state index >= 15 is 0 Å². The minimum absolute atomic E-state index is 0.0333. The average Bonchev–Trinajstić information content (AvgIpc) is 3.20. The number of benzene rings is 2. The van der Waals surface area contributed by atoms with Gasteiger partial charge in [-0.3, -0.25) is 9.59 Å². The van der Waals surface area contributed by atoms with Gasteiger partial charge in [-0.1, -0.05) is 11.6 Å². The van der Waals surface area contributed by atoms with Gasteiger partial charge < -0.3 is 23.8 Å². The number of hydrogen-bond donors (Lipinski definition) is 0. The number of ether oxygens (including phenoxy) is 2. The molecule has 8 heteroatoms. The normalized spacial score (nSPS) is 14.0. The molecule has 0 saturated carbocycles. The van der Waals surface area contributed by atoms with Gasteiger partial charge in [0.1, 0.15) is 18.0 Å². The number of rotatable bonds is 6. The second-order valence-corrected chi connectivity index (χ2v) is 7.81. The number of hydrogen-bond acceptors (Lipinski definition) is 4. The number of nitrogens with zero attached hydrogens (tertiary/aromatic N) is 3. The lowest BCUT2D eigenvalue weighted by Crippen LogP contribution is -2.52. The number of carbonyl (C=O) groups is 2. The molecule has 0 unspecified atom stereocenters. The van der Waals surface area contributed by atoms with E-state index < -0.39 is 0 Å². The highest BCUT2D eigenvalue weighted by Crippen LogP contribution is 2.22.